The minimum absolute atomic E-state index is 0.0581. The summed E-state index contributed by atoms with van der Waals surface area (Å²) in [6.45, 7) is 6.51. The van der Waals surface area contributed by atoms with Crippen molar-refractivity contribution >= 4 is 11.6 Å². The normalized spacial score (nSPS) is 52.5. The lowest BCUT2D eigenvalue weighted by atomic mass is 9.44. The molecule has 0 aromatic rings. The van der Waals surface area contributed by atoms with E-state index in [1.54, 1.807) is 0 Å². The van der Waals surface area contributed by atoms with E-state index in [0.29, 0.717) is 36.4 Å². The minimum Gasteiger partial charge on any atom is -0.393 e. The van der Waals surface area contributed by atoms with Crippen LogP contribution >= 0.6 is 0 Å². The Balaban J connectivity index is 1.77. The number of aliphatic hydroxyl groups is 1. The average Bonchev–Trinajstić information content (AvgIpc) is 2.78. The molecule has 4 aliphatic carbocycles. The molecule has 4 rings (SSSR count). The summed E-state index contributed by atoms with van der Waals surface area (Å²) in [5, 5.41) is 10.8. The third-order valence-corrected chi connectivity index (χ3v) is 8.31. The largest absolute Gasteiger partial charge is 0.393 e. The monoisotopic (exact) mass is 316 g/mol. The van der Waals surface area contributed by atoms with Crippen LogP contribution in [0.25, 0.3) is 0 Å². The Bertz CT molecular complexity index is 606. The molecule has 23 heavy (non-hydrogen) atoms. The van der Waals surface area contributed by atoms with Gasteiger partial charge in [-0.25, -0.2) is 0 Å². The predicted octanol–water partition coefficient (Wildman–Crippen LogP) is 3.30. The Labute approximate surface area is 138 Å². The number of carbonyl (C=O) groups excluding carboxylic acids is 2. The summed E-state index contributed by atoms with van der Waals surface area (Å²) in [4.78, 5) is 24.5. The highest BCUT2D eigenvalue weighted by atomic mass is 16.3. The van der Waals surface area contributed by atoms with Crippen LogP contribution in [-0.2, 0) is 9.59 Å². The van der Waals surface area contributed by atoms with E-state index < -0.39 is 6.10 Å². The zero-order valence-electron chi connectivity index (χ0n) is 14.5. The Morgan fingerprint density at radius 1 is 1.13 bits per heavy atom. The lowest BCUT2D eigenvalue weighted by Gasteiger charge is -2.60. The van der Waals surface area contributed by atoms with Crippen molar-refractivity contribution in [1.82, 2.24) is 0 Å². The molecule has 0 radical (unpaired) electrons. The highest BCUT2D eigenvalue weighted by molar-refractivity contribution is 5.92. The number of ketones is 2. The third kappa shape index (κ3) is 1.86. The number of fused-ring (bicyclic) bond motifs is 5. The molecule has 1 N–H and O–H groups in total. The van der Waals surface area contributed by atoms with E-state index in [1.807, 2.05) is 6.08 Å². The van der Waals surface area contributed by atoms with Crippen LogP contribution in [-0.4, -0.2) is 22.8 Å². The molecule has 0 bridgehead atoms. The summed E-state index contributed by atoms with van der Waals surface area (Å²) >= 11 is 0. The first-order valence-electron chi connectivity index (χ1n) is 9.21. The summed E-state index contributed by atoms with van der Waals surface area (Å²) in [6.07, 6.45) is 6.42. The van der Waals surface area contributed by atoms with Crippen LogP contribution in [0.5, 0.6) is 0 Å². The molecular weight excluding hydrogens is 288 g/mol. The third-order valence-electron chi connectivity index (χ3n) is 8.31. The molecule has 7 atom stereocenters. The van der Waals surface area contributed by atoms with Crippen molar-refractivity contribution in [3.63, 3.8) is 0 Å². The molecule has 4 aliphatic rings. The van der Waals surface area contributed by atoms with E-state index in [4.69, 9.17) is 0 Å². The van der Waals surface area contributed by atoms with Crippen LogP contribution in [0, 0.1) is 34.5 Å². The number of rotatable bonds is 0. The van der Waals surface area contributed by atoms with Gasteiger partial charge in [0.1, 0.15) is 5.78 Å². The molecule has 126 valence electrons. The maximum Gasteiger partial charge on any atom is 0.156 e. The van der Waals surface area contributed by atoms with E-state index in [1.165, 1.54) is 0 Å². The SMILES string of the molecule is CC1=CC(=O)C[C@@H]2C(O)C[C@@H]3[C@H](CC[C@]4(C)C(=O)CC[C@@H]34)[C@@]12C. The zero-order valence-corrected chi connectivity index (χ0v) is 14.5. The van der Waals surface area contributed by atoms with Crippen LogP contribution in [0.3, 0.4) is 0 Å². The molecule has 0 heterocycles. The van der Waals surface area contributed by atoms with Crippen molar-refractivity contribution in [3.05, 3.63) is 11.6 Å². The van der Waals surface area contributed by atoms with E-state index in [0.717, 1.165) is 31.3 Å². The van der Waals surface area contributed by atoms with Gasteiger partial charge < -0.3 is 5.11 Å². The van der Waals surface area contributed by atoms with Crippen molar-refractivity contribution in [1.29, 1.82) is 0 Å². The summed E-state index contributed by atoms with van der Waals surface area (Å²) in [5.74, 6) is 2.01. The molecule has 0 aliphatic heterocycles. The van der Waals surface area contributed by atoms with E-state index in [9.17, 15) is 14.7 Å². The summed E-state index contributed by atoms with van der Waals surface area (Å²) in [6, 6.07) is 0. The zero-order chi connectivity index (χ0) is 16.6. The minimum atomic E-state index is -0.410. The van der Waals surface area contributed by atoms with Crippen molar-refractivity contribution in [2.45, 2.75) is 65.4 Å². The second kappa shape index (κ2) is 4.78. The molecule has 3 saturated carbocycles. The number of Topliss-reactive ketones (excluding diaryl/α,β-unsaturated/α-hetero) is 1. The second-order valence-corrected chi connectivity index (χ2v) is 8.98. The molecule has 3 heteroatoms. The number of hydrogen-bond donors (Lipinski definition) is 1. The topological polar surface area (TPSA) is 54.4 Å². The van der Waals surface area contributed by atoms with Gasteiger partial charge in [-0.05, 0) is 61.9 Å². The van der Waals surface area contributed by atoms with Crippen LogP contribution in [0.1, 0.15) is 59.3 Å². The second-order valence-electron chi connectivity index (χ2n) is 8.98. The molecule has 3 nitrogen and oxygen atoms in total. The molecule has 0 aromatic heterocycles. The van der Waals surface area contributed by atoms with Gasteiger partial charge in [-0.2, -0.15) is 0 Å². The lowest BCUT2D eigenvalue weighted by Crippen LogP contribution is -2.58. The lowest BCUT2D eigenvalue weighted by molar-refractivity contribution is -0.148. The number of hydrogen-bond acceptors (Lipinski definition) is 3. The summed E-state index contributed by atoms with van der Waals surface area (Å²) in [5.41, 5.74) is 0.912. The van der Waals surface area contributed by atoms with Crippen LogP contribution < -0.4 is 0 Å². The van der Waals surface area contributed by atoms with Crippen LogP contribution in [0.15, 0.2) is 11.6 Å². The van der Waals surface area contributed by atoms with Gasteiger partial charge in [0.2, 0.25) is 0 Å². The molecule has 1 unspecified atom stereocenters. The van der Waals surface area contributed by atoms with Gasteiger partial charge >= 0.3 is 0 Å². The van der Waals surface area contributed by atoms with Crippen molar-refractivity contribution in [2.75, 3.05) is 0 Å². The smallest absolute Gasteiger partial charge is 0.156 e. The predicted molar refractivity (Wildman–Crippen MR) is 87.7 cm³/mol. The van der Waals surface area contributed by atoms with Gasteiger partial charge in [0, 0.05) is 24.2 Å². The van der Waals surface area contributed by atoms with Crippen LogP contribution in [0.4, 0.5) is 0 Å². The number of aliphatic hydroxyl groups excluding tert-OH is 1. The maximum atomic E-state index is 12.4. The van der Waals surface area contributed by atoms with Crippen molar-refractivity contribution < 1.29 is 14.7 Å². The Morgan fingerprint density at radius 2 is 1.87 bits per heavy atom. The van der Waals surface area contributed by atoms with Gasteiger partial charge in [-0.1, -0.05) is 19.4 Å². The van der Waals surface area contributed by atoms with E-state index >= 15 is 0 Å². The first kappa shape index (κ1) is 15.6. The Morgan fingerprint density at radius 3 is 2.61 bits per heavy atom. The fourth-order valence-electron chi connectivity index (χ4n) is 6.86. The fourth-order valence-corrected chi connectivity index (χ4v) is 6.86. The summed E-state index contributed by atoms with van der Waals surface area (Å²) in [7, 11) is 0. The van der Waals surface area contributed by atoms with Crippen LogP contribution in [0.2, 0.25) is 0 Å². The van der Waals surface area contributed by atoms with Crippen molar-refractivity contribution in [2.24, 2.45) is 34.5 Å². The first-order chi connectivity index (χ1) is 10.8. The van der Waals surface area contributed by atoms with Gasteiger partial charge in [0.25, 0.3) is 0 Å². The Hall–Kier alpha value is -0.960. The van der Waals surface area contributed by atoms with E-state index in [-0.39, 0.29) is 22.5 Å². The summed E-state index contributed by atoms with van der Waals surface area (Å²) < 4.78 is 0. The van der Waals surface area contributed by atoms with E-state index in [2.05, 4.69) is 20.8 Å². The number of allylic oxidation sites excluding steroid dienone is 2. The molecule has 3 fully saturated rings. The Kier molecular flexibility index (Phi) is 3.23. The first-order valence-corrected chi connectivity index (χ1v) is 9.21. The molecule has 0 aromatic carbocycles. The molecule has 0 amide bonds. The standard InChI is InChI=1S/C20H28O3/c1-11-8-12(21)9-16-17(22)10-13-14-4-5-18(23)19(14,2)7-6-15(13)20(11,16)3/h8,13-17,22H,4-7,9-10H2,1-3H3/t13-,14-,15-,16+,17?,19-,20+/m0/s1. The highest BCUT2D eigenvalue weighted by Gasteiger charge is 2.62. The molecular formula is C20H28O3. The van der Waals surface area contributed by atoms with Crippen molar-refractivity contribution in [3.8, 4) is 0 Å². The molecule has 0 saturated heterocycles. The fraction of sp³-hybridized carbons (Fsp3) is 0.800. The quantitative estimate of drug-likeness (QED) is 0.746. The highest BCUT2D eigenvalue weighted by Crippen LogP contribution is 2.65. The van der Waals surface area contributed by atoms with Gasteiger partial charge in [-0.15, -0.1) is 0 Å². The van der Waals surface area contributed by atoms with Gasteiger partial charge in [-0.3, -0.25) is 9.59 Å². The maximum absolute atomic E-state index is 12.4. The molecule has 0 spiro atoms. The van der Waals surface area contributed by atoms with Gasteiger partial charge in [0.15, 0.2) is 5.78 Å². The van der Waals surface area contributed by atoms with Gasteiger partial charge in [0.05, 0.1) is 6.10 Å². The average molecular weight is 316 g/mol. The number of carbonyl (C=O) groups is 2.